The van der Waals surface area contributed by atoms with E-state index < -0.39 is 17.8 Å². The number of hydrogen-bond acceptors (Lipinski definition) is 6. The molecule has 1 aromatic heterocycles. The number of nitriles is 1. The molecule has 0 saturated heterocycles. The number of benzene rings is 1. The molecule has 2 heterocycles. The first kappa shape index (κ1) is 28.6. The molecule has 1 aromatic carbocycles. The maximum atomic E-state index is 13.7. The number of halogens is 3. The largest absolute Gasteiger partial charge is 0.433 e. The Balaban J connectivity index is 1.74. The molecule has 1 aliphatic heterocycles. The quantitative estimate of drug-likeness (QED) is 0.315. The summed E-state index contributed by atoms with van der Waals surface area (Å²) in [6, 6.07) is 10.8. The van der Waals surface area contributed by atoms with Crippen LogP contribution in [0.1, 0.15) is 52.1 Å². The lowest BCUT2D eigenvalue weighted by atomic mass is 9.83. The van der Waals surface area contributed by atoms with Gasteiger partial charge < -0.3 is 15.1 Å². The van der Waals surface area contributed by atoms with Crippen molar-refractivity contribution in [1.82, 2.24) is 15.1 Å². The summed E-state index contributed by atoms with van der Waals surface area (Å²) in [6.07, 6.45) is 2.21. The van der Waals surface area contributed by atoms with Crippen molar-refractivity contribution in [2.75, 3.05) is 27.2 Å². The second kappa shape index (κ2) is 11.8. The Labute approximate surface area is 230 Å². The first-order chi connectivity index (χ1) is 18.5. The van der Waals surface area contributed by atoms with Gasteiger partial charge in [0.2, 0.25) is 5.91 Å². The number of hydrogen-bond donors (Lipinski definition) is 2. The average molecular weight is 556 g/mol. The highest BCUT2D eigenvalue weighted by Gasteiger charge is 2.39. The van der Waals surface area contributed by atoms with Crippen molar-refractivity contribution in [1.29, 1.82) is 10.7 Å². The van der Waals surface area contributed by atoms with Crippen LogP contribution >= 0.6 is 11.3 Å². The van der Waals surface area contributed by atoms with Gasteiger partial charge in [-0.25, -0.2) is 0 Å². The zero-order valence-electron chi connectivity index (χ0n) is 22.2. The number of carbonyl (C=O) groups excluding carboxylic acids is 1. The minimum Gasteiger partial charge on any atom is -0.391 e. The molecule has 0 radical (unpaired) electrons. The molecule has 1 fully saturated rings. The van der Waals surface area contributed by atoms with Gasteiger partial charge in [0.15, 0.2) is 0 Å². The van der Waals surface area contributed by atoms with E-state index in [-0.39, 0.29) is 29.6 Å². The highest BCUT2D eigenvalue weighted by atomic mass is 32.1. The number of fused-ring (bicyclic) bond motifs is 1. The summed E-state index contributed by atoms with van der Waals surface area (Å²) in [5.41, 5.74) is -0.0282. The molecule has 206 valence electrons. The van der Waals surface area contributed by atoms with Gasteiger partial charge >= 0.3 is 6.18 Å². The lowest BCUT2D eigenvalue weighted by Crippen LogP contribution is -2.38. The van der Waals surface area contributed by atoms with E-state index in [1.54, 1.807) is 48.2 Å². The van der Waals surface area contributed by atoms with E-state index in [1.165, 1.54) is 17.5 Å². The van der Waals surface area contributed by atoms with Crippen molar-refractivity contribution >= 4 is 28.5 Å². The zero-order chi connectivity index (χ0) is 28.3. The van der Waals surface area contributed by atoms with Crippen LogP contribution in [0, 0.1) is 22.7 Å². The molecule has 2 N–H and O–H groups in total. The molecule has 1 saturated carbocycles. The zero-order valence-corrected chi connectivity index (χ0v) is 23.0. The molecule has 4 rings (SSSR count). The van der Waals surface area contributed by atoms with Crippen molar-refractivity contribution in [3.8, 4) is 6.07 Å². The van der Waals surface area contributed by atoms with Crippen LogP contribution in [-0.2, 0) is 11.3 Å². The van der Waals surface area contributed by atoms with Gasteiger partial charge in [-0.15, -0.1) is 11.3 Å². The van der Waals surface area contributed by atoms with Crippen molar-refractivity contribution in [2.45, 2.75) is 44.4 Å². The van der Waals surface area contributed by atoms with Crippen LogP contribution in [0.2, 0.25) is 0 Å². The van der Waals surface area contributed by atoms with Crippen LogP contribution in [0.5, 0.6) is 0 Å². The standard InChI is InChI=1S/C29H32F3N5OS/c1-4-35-15-23(28(34)29(30,31)32)20-7-5-6-8-21(20)24-16-37(17-26-22(24)13-19(14-33)39-26)27(38)12-11-25(36(2)3)18-9-10-18/h5-8,11-13,15,18,24-25,34-35H,4,9-10,16-17H2,1-3H3/b12-11+,23-15-,34-28?/t24-,25?/m0/s1. The highest BCUT2D eigenvalue weighted by molar-refractivity contribution is 7.12. The van der Waals surface area contributed by atoms with E-state index >= 15 is 0 Å². The molecule has 6 nitrogen and oxygen atoms in total. The summed E-state index contributed by atoms with van der Waals surface area (Å²) in [4.78, 5) is 18.5. The highest BCUT2D eigenvalue weighted by Crippen LogP contribution is 2.42. The van der Waals surface area contributed by atoms with Crippen molar-refractivity contribution < 1.29 is 18.0 Å². The third-order valence-corrected chi connectivity index (χ3v) is 8.18. The number of nitrogens with zero attached hydrogens (tertiary/aromatic N) is 3. The lowest BCUT2D eigenvalue weighted by molar-refractivity contribution is -0.127. The smallest absolute Gasteiger partial charge is 0.391 e. The van der Waals surface area contributed by atoms with Gasteiger partial charge in [-0.2, -0.15) is 18.4 Å². The van der Waals surface area contributed by atoms with Crippen LogP contribution in [0.25, 0.3) is 5.57 Å². The first-order valence-electron chi connectivity index (χ1n) is 12.9. The number of thiophene rings is 1. The third kappa shape index (κ3) is 6.43. The van der Waals surface area contributed by atoms with Gasteiger partial charge in [-0.1, -0.05) is 30.3 Å². The average Bonchev–Trinajstić information content (AvgIpc) is 3.64. The molecule has 2 aromatic rings. The Hall–Kier alpha value is -3.42. The van der Waals surface area contributed by atoms with Gasteiger partial charge in [0.05, 0.1) is 6.54 Å². The number of allylic oxidation sites excluding steroid dienone is 1. The van der Waals surface area contributed by atoms with E-state index in [4.69, 9.17) is 5.41 Å². The van der Waals surface area contributed by atoms with Gasteiger partial charge in [0.1, 0.15) is 16.7 Å². The molecule has 2 aliphatic rings. The van der Waals surface area contributed by atoms with Gasteiger partial charge in [0.25, 0.3) is 0 Å². The first-order valence-corrected chi connectivity index (χ1v) is 13.7. The van der Waals surface area contributed by atoms with Gasteiger partial charge in [0, 0.05) is 47.8 Å². The Morgan fingerprint density at radius 2 is 2.03 bits per heavy atom. The number of nitrogens with one attached hydrogen (secondary N) is 2. The van der Waals surface area contributed by atoms with Crippen LogP contribution in [0.15, 0.2) is 48.7 Å². The Kier molecular flexibility index (Phi) is 8.62. The molecule has 0 bridgehead atoms. The SMILES string of the molecule is CCN/C=C(\C(=N)C(F)(F)F)c1ccccc1[C@@H]1CN(C(=O)/C=C/C(C2CC2)N(C)C)Cc2sc(C#N)cc21. The maximum absolute atomic E-state index is 13.7. The van der Waals surface area contributed by atoms with E-state index in [1.807, 2.05) is 20.2 Å². The van der Waals surface area contributed by atoms with E-state index in [2.05, 4.69) is 16.3 Å². The molecule has 1 amide bonds. The molecule has 1 unspecified atom stereocenters. The van der Waals surface area contributed by atoms with Gasteiger partial charge in [-0.05, 0) is 62.5 Å². The van der Waals surface area contributed by atoms with Crippen molar-refractivity contribution in [2.24, 2.45) is 5.92 Å². The van der Waals surface area contributed by atoms with Crippen LogP contribution in [-0.4, -0.2) is 60.8 Å². The van der Waals surface area contributed by atoms with Gasteiger partial charge in [-0.3, -0.25) is 10.2 Å². The summed E-state index contributed by atoms with van der Waals surface area (Å²) in [5, 5.41) is 20.3. The fourth-order valence-electron chi connectivity index (χ4n) is 5.07. The summed E-state index contributed by atoms with van der Waals surface area (Å²) < 4.78 is 41.2. The summed E-state index contributed by atoms with van der Waals surface area (Å²) >= 11 is 1.30. The number of likely N-dealkylation sites (N-methyl/N-ethyl adjacent to an activating group) is 1. The molecule has 10 heteroatoms. The number of carbonyl (C=O) groups is 1. The molecular weight excluding hydrogens is 523 g/mol. The predicted molar refractivity (Wildman–Crippen MR) is 148 cm³/mol. The van der Waals surface area contributed by atoms with E-state index in [0.717, 1.165) is 23.3 Å². The minimum absolute atomic E-state index is 0.171. The molecule has 1 aliphatic carbocycles. The second-order valence-electron chi connectivity index (χ2n) is 10.1. The van der Waals surface area contributed by atoms with Crippen molar-refractivity contribution in [3.05, 3.63) is 75.1 Å². The Morgan fingerprint density at radius 3 is 2.64 bits per heavy atom. The van der Waals surface area contributed by atoms with Crippen LogP contribution < -0.4 is 5.32 Å². The minimum atomic E-state index is -4.83. The normalized spacial score (nSPS) is 18.7. The lowest BCUT2D eigenvalue weighted by Gasteiger charge is -2.34. The summed E-state index contributed by atoms with van der Waals surface area (Å²) in [6.45, 7) is 2.74. The predicted octanol–water partition coefficient (Wildman–Crippen LogP) is 5.52. The fraction of sp³-hybridized carbons (Fsp3) is 0.414. The molecule has 0 spiro atoms. The molecular formula is C29H32F3N5OS. The summed E-state index contributed by atoms with van der Waals surface area (Å²) in [5.74, 6) is -0.0909. The number of alkyl halides is 3. The van der Waals surface area contributed by atoms with E-state index in [9.17, 15) is 23.2 Å². The number of amides is 1. The summed E-state index contributed by atoms with van der Waals surface area (Å²) in [7, 11) is 3.98. The Bertz CT molecular complexity index is 1330. The monoisotopic (exact) mass is 555 g/mol. The number of rotatable bonds is 9. The topological polar surface area (TPSA) is 83.2 Å². The molecule has 39 heavy (non-hydrogen) atoms. The molecule has 2 atom stereocenters. The fourth-order valence-corrected chi connectivity index (χ4v) is 6.11. The van der Waals surface area contributed by atoms with Crippen LogP contribution in [0.3, 0.4) is 0 Å². The third-order valence-electron chi connectivity index (χ3n) is 7.14. The maximum Gasteiger partial charge on any atom is 0.433 e. The van der Waals surface area contributed by atoms with Crippen molar-refractivity contribution in [3.63, 3.8) is 0 Å². The van der Waals surface area contributed by atoms with Crippen LogP contribution in [0.4, 0.5) is 13.2 Å². The second-order valence-corrected chi connectivity index (χ2v) is 11.2. The van der Waals surface area contributed by atoms with E-state index in [0.29, 0.717) is 29.4 Å². The Morgan fingerprint density at radius 1 is 1.31 bits per heavy atom.